The summed E-state index contributed by atoms with van der Waals surface area (Å²) in [5, 5.41) is 2.69. The van der Waals surface area contributed by atoms with E-state index in [2.05, 4.69) is 4.98 Å². The molecule has 0 aliphatic carbocycles. The predicted octanol–water partition coefficient (Wildman–Crippen LogP) is 3.70. The topological polar surface area (TPSA) is 22.1 Å². The summed E-state index contributed by atoms with van der Waals surface area (Å²) >= 11 is 7.12. The van der Waals surface area contributed by atoms with Gasteiger partial charge in [-0.1, -0.05) is 0 Å². The van der Waals surface area contributed by atoms with Gasteiger partial charge >= 0.3 is 0 Å². The van der Waals surface area contributed by atoms with Crippen LogP contribution in [0.3, 0.4) is 0 Å². The Kier molecular flexibility index (Phi) is 3.41. The maximum atomic E-state index is 13.4. The first-order valence-corrected chi connectivity index (χ1v) is 6.00. The smallest absolute Gasteiger partial charge is 0.165 e. The molecule has 0 spiro atoms. The molecule has 0 aliphatic rings. The molecule has 0 aliphatic heterocycles. The van der Waals surface area contributed by atoms with E-state index in [0.29, 0.717) is 5.88 Å². The third-order valence-corrected chi connectivity index (χ3v) is 3.37. The van der Waals surface area contributed by atoms with Crippen LogP contribution in [0, 0.1) is 5.82 Å². The van der Waals surface area contributed by atoms with Crippen LogP contribution in [-0.4, -0.2) is 12.1 Å². The van der Waals surface area contributed by atoms with E-state index in [4.69, 9.17) is 16.3 Å². The molecule has 2 nitrogen and oxygen atoms in total. The van der Waals surface area contributed by atoms with Crippen molar-refractivity contribution < 1.29 is 9.13 Å². The van der Waals surface area contributed by atoms with Crippen LogP contribution in [-0.2, 0) is 5.88 Å². The molecule has 0 radical (unpaired) electrons. The van der Waals surface area contributed by atoms with E-state index in [1.54, 1.807) is 12.1 Å². The maximum Gasteiger partial charge on any atom is 0.165 e. The molecule has 2 rings (SSSR count). The monoisotopic (exact) mass is 257 g/mol. The molecule has 0 saturated heterocycles. The van der Waals surface area contributed by atoms with Gasteiger partial charge in [-0.3, -0.25) is 0 Å². The highest BCUT2D eigenvalue weighted by atomic mass is 35.5. The molecular weight excluding hydrogens is 249 g/mol. The first kappa shape index (κ1) is 11.4. The average molecular weight is 258 g/mol. The van der Waals surface area contributed by atoms with Crippen LogP contribution in [0.1, 0.15) is 5.01 Å². The van der Waals surface area contributed by atoms with E-state index in [-0.39, 0.29) is 11.6 Å². The van der Waals surface area contributed by atoms with Gasteiger partial charge in [0, 0.05) is 10.9 Å². The number of alkyl halides is 1. The first-order chi connectivity index (χ1) is 7.74. The van der Waals surface area contributed by atoms with Crippen LogP contribution in [0.4, 0.5) is 4.39 Å². The minimum atomic E-state index is -0.388. The highest BCUT2D eigenvalue weighted by Crippen LogP contribution is 2.26. The van der Waals surface area contributed by atoms with E-state index >= 15 is 0 Å². The van der Waals surface area contributed by atoms with Gasteiger partial charge in [0.1, 0.15) is 5.01 Å². The molecule has 2 aromatic rings. The van der Waals surface area contributed by atoms with Crippen LogP contribution in [0.25, 0.3) is 11.3 Å². The lowest BCUT2D eigenvalue weighted by Gasteiger charge is -2.02. The third-order valence-electron chi connectivity index (χ3n) is 2.11. The van der Waals surface area contributed by atoms with Crippen LogP contribution in [0.15, 0.2) is 23.6 Å². The Balaban J connectivity index is 2.37. The van der Waals surface area contributed by atoms with Gasteiger partial charge < -0.3 is 4.74 Å². The summed E-state index contributed by atoms with van der Waals surface area (Å²) in [6.45, 7) is 0. The van der Waals surface area contributed by atoms with Crippen LogP contribution in [0.5, 0.6) is 5.75 Å². The van der Waals surface area contributed by atoms with E-state index < -0.39 is 0 Å². The SMILES string of the molecule is COc1ccc(-c2csc(CCl)n2)cc1F. The van der Waals surface area contributed by atoms with Crippen molar-refractivity contribution in [1.82, 2.24) is 4.98 Å². The summed E-state index contributed by atoms with van der Waals surface area (Å²) in [7, 11) is 1.44. The molecular formula is C11H9ClFNOS. The zero-order valence-corrected chi connectivity index (χ0v) is 10.1. The lowest BCUT2D eigenvalue weighted by Crippen LogP contribution is -1.88. The number of aromatic nitrogens is 1. The fraction of sp³-hybridized carbons (Fsp3) is 0.182. The Morgan fingerprint density at radius 2 is 2.31 bits per heavy atom. The number of hydrogen-bond donors (Lipinski definition) is 0. The van der Waals surface area contributed by atoms with Gasteiger partial charge in [0.25, 0.3) is 0 Å². The number of benzene rings is 1. The van der Waals surface area contributed by atoms with Crippen molar-refractivity contribution in [2.45, 2.75) is 5.88 Å². The molecule has 1 aromatic heterocycles. The summed E-state index contributed by atoms with van der Waals surface area (Å²) in [4.78, 5) is 4.27. The number of halogens is 2. The molecule has 0 atom stereocenters. The molecule has 0 N–H and O–H groups in total. The van der Waals surface area contributed by atoms with Crippen molar-refractivity contribution in [2.75, 3.05) is 7.11 Å². The predicted molar refractivity (Wildman–Crippen MR) is 63.6 cm³/mol. The largest absolute Gasteiger partial charge is 0.494 e. The second-order valence-electron chi connectivity index (χ2n) is 3.11. The van der Waals surface area contributed by atoms with Crippen molar-refractivity contribution in [2.24, 2.45) is 0 Å². The molecule has 0 unspecified atom stereocenters. The number of methoxy groups -OCH3 is 1. The molecule has 0 bridgehead atoms. The van der Waals surface area contributed by atoms with Gasteiger partial charge in [0.05, 0.1) is 18.7 Å². The number of nitrogens with zero attached hydrogens (tertiary/aromatic N) is 1. The molecule has 16 heavy (non-hydrogen) atoms. The standard InChI is InChI=1S/C11H9ClFNOS/c1-15-10-3-2-7(4-8(10)13)9-6-16-11(5-12)14-9/h2-4,6H,5H2,1H3. The zero-order chi connectivity index (χ0) is 11.5. The van der Waals surface area contributed by atoms with Gasteiger partial charge in [0.2, 0.25) is 0 Å². The van der Waals surface area contributed by atoms with Gasteiger partial charge in [-0.2, -0.15) is 0 Å². The third kappa shape index (κ3) is 2.18. The molecule has 0 amide bonds. The lowest BCUT2D eigenvalue weighted by atomic mass is 10.1. The Morgan fingerprint density at radius 3 is 2.88 bits per heavy atom. The Hall–Kier alpha value is -1.13. The van der Waals surface area contributed by atoms with Crippen LogP contribution < -0.4 is 4.74 Å². The van der Waals surface area contributed by atoms with Crippen molar-refractivity contribution in [3.05, 3.63) is 34.4 Å². The fourth-order valence-electron chi connectivity index (χ4n) is 1.33. The average Bonchev–Trinajstić information content (AvgIpc) is 2.77. The van der Waals surface area contributed by atoms with Crippen molar-refractivity contribution in [3.8, 4) is 17.0 Å². The molecule has 5 heteroatoms. The van der Waals surface area contributed by atoms with E-state index in [1.807, 2.05) is 5.38 Å². The van der Waals surface area contributed by atoms with Crippen molar-refractivity contribution in [1.29, 1.82) is 0 Å². The van der Waals surface area contributed by atoms with Crippen LogP contribution in [0.2, 0.25) is 0 Å². The normalized spacial score (nSPS) is 10.4. The molecule has 84 valence electrons. The second kappa shape index (κ2) is 4.80. The quantitative estimate of drug-likeness (QED) is 0.783. The number of rotatable bonds is 3. The maximum absolute atomic E-state index is 13.4. The summed E-state index contributed by atoms with van der Waals surface area (Å²) in [5.41, 5.74) is 1.47. The number of ether oxygens (including phenoxy) is 1. The van der Waals surface area contributed by atoms with Crippen molar-refractivity contribution in [3.63, 3.8) is 0 Å². The zero-order valence-electron chi connectivity index (χ0n) is 8.54. The second-order valence-corrected chi connectivity index (χ2v) is 4.32. The van der Waals surface area contributed by atoms with Crippen LogP contribution >= 0.6 is 22.9 Å². The Labute approximate surface area is 102 Å². The van der Waals surface area contributed by atoms with E-state index in [9.17, 15) is 4.39 Å². The van der Waals surface area contributed by atoms with Crippen molar-refractivity contribution >= 4 is 22.9 Å². The number of thiazole rings is 1. The molecule has 0 saturated carbocycles. The summed E-state index contributed by atoms with van der Waals surface area (Å²) in [5.74, 6) is 0.223. The highest BCUT2D eigenvalue weighted by Gasteiger charge is 2.08. The molecule has 0 fully saturated rings. The minimum Gasteiger partial charge on any atom is -0.494 e. The molecule has 1 aromatic carbocycles. The first-order valence-electron chi connectivity index (χ1n) is 4.59. The van der Waals surface area contributed by atoms with Gasteiger partial charge in [-0.25, -0.2) is 9.37 Å². The fourth-order valence-corrected chi connectivity index (χ4v) is 2.23. The van der Waals surface area contributed by atoms with Gasteiger partial charge in [0.15, 0.2) is 11.6 Å². The summed E-state index contributed by atoms with van der Waals surface area (Å²) in [6, 6.07) is 4.77. The van der Waals surface area contributed by atoms with E-state index in [1.165, 1.54) is 24.5 Å². The highest BCUT2D eigenvalue weighted by molar-refractivity contribution is 7.10. The van der Waals surface area contributed by atoms with Gasteiger partial charge in [-0.05, 0) is 18.2 Å². The van der Waals surface area contributed by atoms with Gasteiger partial charge in [-0.15, -0.1) is 22.9 Å². The Morgan fingerprint density at radius 1 is 1.50 bits per heavy atom. The summed E-state index contributed by atoms with van der Waals surface area (Å²) in [6.07, 6.45) is 0. The lowest BCUT2D eigenvalue weighted by molar-refractivity contribution is 0.386. The van der Waals surface area contributed by atoms with E-state index in [0.717, 1.165) is 16.3 Å². The minimum absolute atomic E-state index is 0.233. The summed E-state index contributed by atoms with van der Waals surface area (Å²) < 4.78 is 18.3. The number of hydrogen-bond acceptors (Lipinski definition) is 3. The Bertz CT molecular complexity index is 500. The molecule has 1 heterocycles.